The van der Waals surface area contributed by atoms with Crippen molar-refractivity contribution in [2.75, 3.05) is 42.5 Å². The number of anilines is 2. The van der Waals surface area contributed by atoms with Crippen molar-refractivity contribution in [2.24, 2.45) is 0 Å². The maximum atomic E-state index is 11.8. The molecule has 2 saturated heterocycles. The third-order valence-electron chi connectivity index (χ3n) is 7.42. The molecule has 1 unspecified atom stereocenters. The third-order valence-corrected chi connectivity index (χ3v) is 7.42. The number of hydrogen-bond donors (Lipinski definition) is 1. The second-order valence-electron chi connectivity index (χ2n) is 10.1. The molecule has 0 saturated carbocycles. The Labute approximate surface area is 207 Å². The molecular weight excluding hydrogens is 440 g/mol. The number of hydrogen-bond acceptors (Lipinski definition) is 6. The topological polar surface area (TPSA) is 77.7 Å². The predicted molar refractivity (Wildman–Crippen MR) is 139 cm³/mol. The Hall–Kier alpha value is -3.29. The van der Waals surface area contributed by atoms with Gasteiger partial charge in [0.1, 0.15) is 11.3 Å². The van der Waals surface area contributed by atoms with Crippen molar-refractivity contribution in [3.05, 3.63) is 42.1 Å². The lowest BCUT2D eigenvalue weighted by molar-refractivity contribution is -0.129. The van der Waals surface area contributed by atoms with Gasteiger partial charge >= 0.3 is 0 Å². The van der Waals surface area contributed by atoms with Crippen LogP contribution >= 0.6 is 0 Å². The van der Waals surface area contributed by atoms with E-state index in [1.807, 2.05) is 15.7 Å². The van der Waals surface area contributed by atoms with Crippen LogP contribution in [0.5, 0.6) is 5.88 Å². The van der Waals surface area contributed by atoms with Crippen molar-refractivity contribution < 1.29 is 9.90 Å². The number of fused-ring (bicyclic) bond motifs is 1. The van der Waals surface area contributed by atoms with Crippen molar-refractivity contribution in [1.82, 2.24) is 19.4 Å². The molecule has 3 aromatic rings. The number of amides is 1. The van der Waals surface area contributed by atoms with Crippen LogP contribution in [0.1, 0.15) is 51.6 Å². The molecule has 2 aliphatic rings. The lowest BCUT2D eigenvalue weighted by Crippen LogP contribution is -2.48. The maximum Gasteiger partial charge on any atom is 0.228 e. The molecule has 4 heterocycles. The van der Waals surface area contributed by atoms with E-state index in [0.717, 1.165) is 37.0 Å². The number of piperidine rings is 1. The summed E-state index contributed by atoms with van der Waals surface area (Å²) >= 11 is 0. The van der Waals surface area contributed by atoms with Gasteiger partial charge in [-0.15, -0.1) is 0 Å². The zero-order valence-electron chi connectivity index (χ0n) is 21.0. The number of rotatable bonds is 5. The molecule has 186 valence electrons. The standard InChI is InChI=1S/C27H36N6O2/c1-19(2)33-18-23-24(26(33)35)28-27(31-15-13-30(14-16-31)20(3)34)29-25(23)32-12-8-7-11-22(32)17-21-9-5-4-6-10-21/h4-6,9-10,18-19,22,35H,7-8,11-17H2,1-3H3. The van der Waals surface area contributed by atoms with Crippen LogP contribution in [0.3, 0.4) is 0 Å². The Morgan fingerprint density at radius 2 is 1.80 bits per heavy atom. The van der Waals surface area contributed by atoms with Crippen LogP contribution in [-0.2, 0) is 11.2 Å². The van der Waals surface area contributed by atoms with Crippen LogP contribution in [0.4, 0.5) is 11.8 Å². The molecule has 5 rings (SSSR count). The van der Waals surface area contributed by atoms with Crippen molar-refractivity contribution in [3.63, 3.8) is 0 Å². The highest BCUT2D eigenvalue weighted by Gasteiger charge is 2.30. The molecule has 1 atom stereocenters. The van der Waals surface area contributed by atoms with E-state index in [1.54, 1.807) is 6.92 Å². The highest BCUT2D eigenvalue weighted by atomic mass is 16.3. The average molecular weight is 477 g/mol. The fourth-order valence-electron chi connectivity index (χ4n) is 5.41. The van der Waals surface area contributed by atoms with Crippen LogP contribution in [0, 0.1) is 0 Å². The lowest BCUT2D eigenvalue weighted by atomic mass is 9.95. The molecule has 0 spiro atoms. The first-order valence-corrected chi connectivity index (χ1v) is 12.8. The molecule has 0 aliphatic carbocycles. The number of aromatic hydroxyl groups is 1. The Morgan fingerprint density at radius 3 is 2.49 bits per heavy atom. The van der Waals surface area contributed by atoms with Gasteiger partial charge in [-0.2, -0.15) is 4.98 Å². The number of carbonyl (C=O) groups excluding carboxylic acids is 1. The fraction of sp³-hybridized carbons (Fsp3) is 0.519. The van der Waals surface area contributed by atoms with Crippen molar-refractivity contribution in [3.8, 4) is 5.88 Å². The molecule has 0 bridgehead atoms. The largest absolute Gasteiger partial charge is 0.493 e. The Kier molecular flexibility index (Phi) is 6.54. The first kappa shape index (κ1) is 23.5. The van der Waals surface area contributed by atoms with E-state index in [0.29, 0.717) is 43.7 Å². The van der Waals surface area contributed by atoms with E-state index in [-0.39, 0.29) is 17.8 Å². The van der Waals surface area contributed by atoms with Gasteiger partial charge in [0.25, 0.3) is 0 Å². The maximum absolute atomic E-state index is 11.8. The van der Waals surface area contributed by atoms with Crippen LogP contribution in [-0.4, -0.2) is 69.2 Å². The first-order chi connectivity index (χ1) is 16.9. The Bertz CT molecular complexity index is 1180. The minimum absolute atomic E-state index is 0.102. The normalized spacial score (nSPS) is 19.1. The number of carbonyl (C=O) groups is 1. The molecule has 0 radical (unpaired) electrons. The van der Waals surface area contributed by atoms with Gasteiger partial charge in [-0.25, -0.2) is 4.98 Å². The number of aromatic nitrogens is 3. The molecule has 2 fully saturated rings. The van der Waals surface area contributed by atoms with Gasteiger partial charge in [-0.1, -0.05) is 30.3 Å². The molecule has 8 heteroatoms. The highest BCUT2D eigenvalue weighted by molar-refractivity contribution is 5.94. The lowest BCUT2D eigenvalue weighted by Gasteiger charge is -2.38. The van der Waals surface area contributed by atoms with Gasteiger partial charge in [0.2, 0.25) is 17.7 Å². The van der Waals surface area contributed by atoms with Crippen LogP contribution in [0.15, 0.2) is 36.5 Å². The summed E-state index contributed by atoms with van der Waals surface area (Å²) in [7, 11) is 0. The number of benzene rings is 1. The van der Waals surface area contributed by atoms with Crippen molar-refractivity contribution in [1.29, 1.82) is 0 Å². The summed E-state index contributed by atoms with van der Waals surface area (Å²) in [5.74, 6) is 1.84. The predicted octanol–water partition coefficient (Wildman–Crippen LogP) is 3.99. The summed E-state index contributed by atoms with van der Waals surface area (Å²) in [6.45, 7) is 9.37. The molecule has 2 aromatic heterocycles. The van der Waals surface area contributed by atoms with E-state index >= 15 is 0 Å². The fourth-order valence-corrected chi connectivity index (χ4v) is 5.41. The zero-order chi connectivity index (χ0) is 24.5. The third kappa shape index (κ3) is 4.66. The zero-order valence-corrected chi connectivity index (χ0v) is 21.0. The molecule has 1 aromatic carbocycles. The van der Waals surface area contributed by atoms with Gasteiger partial charge < -0.3 is 24.4 Å². The second-order valence-corrected chi connectivity index (χ2v) is 10.1. The van der Waals surface area contributed by atoms with E-state index in [2.05, 4.69) is 54.0 Å². The molecule has 1 amide bonds. The van der Waals surface area contributed by atoms with Crippen LogP contribution in [0.2, 0.25) is 0 Å². The summed E-state index contributed by atoms with van der Waals surface area (Å²) in [5.41, 5.74) is 1.94. The van der Waals surface area contributed by atoms with Crippen molar-refractivity contribution in [2.45, 2.75) is 58.5 Å². The summed E-state index contributed by atoms with van der Waals surface area (Å²) in [6, 6.07) is 11.1. The van der Waals surface area contributed by atoms with E-state index in [9.17, 15) is 9.90 Å². The van der Waals surface area contributed by atoms with Gasteiger partial charge in [-0.3, -0.25) is 4.79 Å². The van der Waals surface area contributed by atoms with Gasteiger partial charge in [0, 0.05) is 57.9 Å². The van der Waals surface area contributed by atoms with Crippen LogP contribution in [0.25, 0.3) is 10.9 Å². The smallest absolute Gasteiger partial charge is 0.228 e. The SMILES string of the molecule is CC(=O)N1CCN(c2nc(N3CCCCC3Cc3ccccc3)c3cn(C(C)C)c(O)c3n2)CC1. The van der Waals surface area contributed by atoms with E-state index in [4.69, 9.17) is 9.97 Å². The van der Waals surface area contributed by atoms with E-state index in [1.165, 1.54) is 12.0 Å². The monoisotopic (exact) mass is 476 g/mol. The number of nitrogens with zero attached hydrogens (tertiary/aromatic N) is 6. The van der Waals surface area contributed by atoms with Crippen LogP contribution < -0.4 is 9.80 Å². The summed E-state index contributed by atoms with van der Waals surface area (Å²) in [6.07, 6.45) is 6.43. The van der Waals surface area contributed by atoms with Gasteiger partial charge in [0.15, 0.2) is 0 Å². The molecule has 1 N–H and O–H groups in total. The van der Waals surface area contributed by atoms with Gasteiger partial charge in [-0.05, 0) is 45.1 Å². The summed E-state index contributed by atoms with van der Waals surface area (Å²) < 4.78 is 1.89. The Morgan fingerprint density at radius 1 is 1.06 bits per heavy atom. The highest BCUT2D eigenvalue weighted by Crippen LogP contribution is 2.38. The summed E-state index contributed by atoms with van der Waals surface area (Å²) in [5, 5.41) is 12.0. The molecular formula is C27H36N6O2. The van der Waals surface area contributed by atoms with Gasteiger partial charge in [0.05, 0.1) is 5.39 Å². The minimum Gasteiger partial charge on any atom is -0.493 e. The number of piperazine rings is 1. The molecule has 8 nitrogen and oxygen atoms in total. The Balaban J connectivity index is 1.56. The molecule has 2 aliphatic heterocycles. The van der Waals surface area contributed by atoms with E-state index < -0.39 is 0 Å². The second kappa shape index (κ2) is 9.76. The molecule has 35 heavy (non-hydrogen) atoms. The first-order valence-electron chi connectivity index (χ1n) is 12.8. The van der Waals surface area contributed by atoms with Crippen molar-refractivity contribution >= 4 is 28.6 Å². The minimum atomic E-state index is 0.102. The quantitative estimate of drug-likeness (QED) is 0.600. The average Bonchev–Trinajstić information content (AvgIpc) is 3.21. The summed E-state index contributed by atoms with van der Waals surface area (Å²) in [4.78, 5) is 28.2.